The van der Waals surface area contributed by atoms with Crippen LogP contribution in [0.25, 0.3) is 17.3 Å². The number of nitrogens with zero attached hydrogens (tertiary/aromatic N) is 3. The number of fused-ring (bicyclic) bond motifs is 1. The second-order valence-corrected chi connectivity index (χ2v) is 6.74. The molecule has 3 aromatic heterocycles. The summed E-state index contributed by atoms with van der Waals surface area (Å²) in [5.41, 5.74) is 5.91. The molecule has 5 rings (SSSR count). The lowest BCUT2D eigenvalue weighted by molar-refractivity contribution is 0.582. The summed E-state index contributed by atoms with van der Waals surface area (Å²) in [5, 5.41) is 7.87. The minimum Gasteiger partial charge on any atom is -0.281 e. The normalized spacial score (nSPS) is 14.7. The fourth-order valence-corrected chi connectivity index (χ4v) is 3.82. The fraction of sp³-hybridized carbons (Fsp3) is 0.0870. The molecule has 0 spiro atoms. The Hall–Kier alpha value is -3.53. The van der Waals surface area contributed by atoms with E-state index in [-0.39, 0.29) is 0 Å². The maximum atomic E-state index is 4.66. The van der Waals surface area contributed by atoms with Gasteiger partial charge < -0.3 is 0 Å². The van der Waals surface area contributed by atoms with Crippen molar-refractivity contribution >= 4 is 6.08 Å². The van der Waals surface area contributed by atoms with E-state index in [1.807, 2.05) is 54.9 Å². The first kappa shape index (κ1) is 15.7. The average molecular weight is 350 g/mol. The van der Waals surface area contributed by atoms with Crippen molar-refractivity contribution in [2.75, 3.05) is 0 Å². The van der Waals surface area contributed by atoms with Crippen molar-refractivity contribution in [1.82, 2.24) is 20.2 Å². The van der Waals surface area contributed by atoms with Gasteiger partial charge in [-0.1, -0.05) is 54.6 Å². The number of allylic oxidation sites excluding steroid dienone is 1. The summed E-state index contributed by atoms with van der Waals surface area (Å²) in [6.45, 7) is 0. The van der Waals surface area contributed by atoms with Crippen molar-refractivity contribution in [3.63, 3.8) is 0 Å². The first-order valence-electron chi connectivity index (χ1n) is 9.02. The molecule has 4 nitrogen and oxygen atoms in total. The number of aromatic nitrogens is 4. The summed E-state index contributed by atoms with van der Waals surface area (Å²) in [4.78, 5) is 9.33. The van der Waals surface area contributed by atoms with Crippen LogP contribution in [-0.2, 0) is 11.8 Å². The van der Waals surface area contributed by atoms with Crippen LogP contribution in [0.5, 0.6) is 0 Å². The fourth-order valence-electron chi connectivity index (χ4n) is 3.82. The average Bonchev–Trinajstić information content (AvgIpc) is 3.18. The van der Waals surface area contributed by atoms with Gasteiger partial charge in [0, 0.05) is 35.6 Å². The predicted octanol–water partition coefficient (Wildman–Crippen LogP) is 4.42. The quantitative estimate of drug-likeness (QED) is 0.595. The number of aromatic amines is 1. The summed E-state index contributed by atoms with van der Waals surface area (Å²) in [7, 11) is 0. The molecule has 0 radical (unpaired) electrons. The lowest BCUT2D eigenvalue weighted by atomic mass is 9.72. The smallest absolute Gasteiger partial charge is 0.0995 e. The van der Waals surface area contributed by atoms with E-state index in [1.165, 1.54) is 0 Å². The number of nitrogens with one attached hydrogen (secondary N) is 1. The highest BCUT2D eigenvalue weighted by molar-refractivity contribution is 5.76. The van der Waals surface area contributed by atoms with E-state index in [0.717, 1.165) is 40.3 Å². The van der Waals surface area contributed by atoms with Gasteiger partial charge in [0.1, 0.15) is 0 Å². The summed E-state index contributed by atoms with van der Waals surface area (Å²) in [6, 6.07) is 22.3. The molecule has 0 saturated heterocycles. The highest BCUT2D eigenvalue weighted by atomic mass is 15.1. The summed E-state index contributed by atoms with van der Waals surface area (Å²) in [6.07, 6.45) is 8.81. The number of hydrogen-bond donors (Lipinski definition) is 1. The maximum Gasteiger partial charge on any atom is 0.0995 e. The van der Waals surface area contributed by atoms with Crippen LogP contribution >= 0.6 is 0 Å². The molecule has 1 N–H and O–H groups in total. The van der Waals surface area contributed by atoms with Crippen LogP contribution in [0.15, 0.2) is 85.2 Å². The van der Waals surface area contributed by atoms with Crippen LogP contribution in [0, 0.1) is 0 Å². The third kappa shape index (κ3) is 2.57. The third-order valence-corrected chi connectivity index (χ3v) is 5.16. The number of pyridine rings is 2. The van der Waals surface area contributed by atoms with Crippen molar-refractivity contribution in [3.05, 3.63) is 108 Å². The first-order valence-corrected chi connectivity index (χ1v) is 9.02. The Bertz CT molecular complexity index is 1040. The monoisotopic (exact) mass is 350 g/mol. The second kappa shape index (κ2) is 6.32. The van der Waals surface area contributed by atoms with E-state index < -0.39 is 5.41 Å². The number of benzene rings is 1. The Kier molecular flexibility index (Phi) is 3.68. The van der Waals surface area contributed by atoms with Gasteiger partial charge in [-0.3, -0.25) is 15.1 Å². The molecule has 0 amide bonds. The Morgan fingerprint density at radius 3 is 2.07 bits per heavy atom. The molecule has 4 aromatic rings. The van der Waals surface area contributed by atoms with E-state index in [9.17, 15) is 0 Å². The van der Waals surface area contributed by atoms with Crippen LogP contribution in [0.2, 0.25) is 0 Å². The number of hydrogen-bond acceptors (Lipinski definition) is 3. The summed E-state index contributed by atoms with van der Waals surface area (Å²) < 4.78 is 0. The Labute approximate surface area is 157 Å². The van der Waals surface area contributed by atoms with Crippen molar-refractivity contribution in [1.29, 1.82) is 0 Å². The lowest BCUT2D eigenvalue weighted by Crippen LogP contribution is -2.32. The second-order valence-electron chi connectivity index (χ2n) is 6.74. The molecule has 27 heavy (non-hydrogen) atoms. The highest BCUT2D eigenvalue weighted by Crippen LogP contribution is 2.41. The summed E-state index contributed by atoms with van der Waals surface area (Å²) >= 11 is 0. The molecule has 1 aliphatic rings. The van der Waals surface area contributed by atoms with Gasteiger partial charge in [0.05, 0.1) is 22.5 Å². The molecule has 0 unspecified atom stereocenters. The van der Waals surface area contributed by atoms with E-state index >= 15 is 0 Å². The molecule has 3 heterocycles. The van der Waals surface area contributed by atoms with Gasteiger partial charge in [-0.25, -0.2) is 0 Å². The van der Waals surface area contributed by atoms with Crippen molar-refractivity contribution in [2.24, 2.45) is 0 Å². The maximum absolute atomic E-state index is 4.66. The first-order chi connectivity index (χ1) is 13.4. The minimum absolute atomic E-state index is 0.407. The van der Waals surface area contributed by atoms with Gasteiger partial charge >= 0.3 is 0 Å². The van der Waals surface area contributed by atoms with Gasteiger partial charge in [0.2, 0.25) is 0 Å². The van der Waals surface area contributed by atoms with Crippen LogP contribution in [0.1, 0.15) is 22.6 Å². The zero-order chi connectivity index (χ0) is 18.1. The SMILES string of the molecule is C1=CC(c2ccccn2)(c2ccccn2)Cc2[nH]nc(-c3ccccc3)c21. The van der Waals surface area contributed by atoms with Crippen LogP contribution in [-0.4, -0.2) is 20.2 Å². The molecule has 0 saturated carbocycles. The molecule has 0 atom stereocenters. The predicted molar refractivity (Wildman–Crippen MR) is 106 cm³/mol. The van der Waals surface area contributed by atoms with Crippen molar-refractivity contribution in [3.8, 4) is 11.3 Å². The molecule has 0 fully saturated rings. The van der Waals surface area contributed by atoms with Gasteiger partial charge in [-0.2, -0.15) is 5.10 Å². The van der Waals surface area contributed by atoms with Crippen molar-refractivity contribution < 1.29 is 0 Å². The zero-order valence-corrected chi connectivity index (χ0v) is 14.7. The van der Waals surface area contributed by atoms with Gasteiger partial charge in [0.15, 0.2) is 0 Å². The van der Waals surface area contributed by atoms with Gasteiger partial charge in [-0.05, 0) is 24.3 Å². The van der Waals surface area contributed by atoms with Crippen molar-refractivity contribution in [2.45, 2.75) is 11.8 Å². The minimum atomic E-state index is -0.407. The van der Waals surface area contributed by atoms with E-state index in [4.69, 9.17) is 0 Å². The van der Waals surface area contributed by atoms with Gasteiger partial charge in [-0.15, -0.1) is 0 Å². The zero-order valence-electron chi connectivity index (χ0n) is 14.7. The molecule has 1 aliphatic carbocycles. The van der Waals surface area contributed by atoms with E-state index in [2.05, 4.69) is 56.6 Å². The number of H-pyrrole nitrogens is 1. The standard InChI is InChI=1S/C23H18N4/c1-2-8-17(9-3-1)22-18-12-13-23(16-19(18)26-27-22,20-10-4-6-14-24-20)21-11-5-7-15-25-21/h1-15H,16H2,(H,26,27). The summed E-state index contributed by atoms with van der Waals surface area (Å²) in [5.74, 6) is 0. The van der Waals surface area contributed by atoms with E-state index in [0.29, 0.717) is 0 Å². The van der Waals surface area contributed by atoms with Crippen LogP contribution in [0.4, 0.5) is 0 Å². The Morgan fingerprint density at radius 2 is 1.44 bits per heavy atom. The van der Waals surface area contributed by atoms with E-state index in [1.54, 1.807) is 0 Å². The molecule has 0 bridgehead atoms. The molecule has 0 aliphatic heterocycles. The topological polar surface area (TPSA) is 54.5 Å². The van der Waals surface area contributed by atoms with Gasteiger partial charge in [0.25, 0.3) is 0 Å². The lowest BCUT2D eigenvalue weighted by Gasteiger charge is -2.32. The van der Waals surface area contributed by atoms with Crippen LogP contribution < -0.4 is 0 Å². The largest absolute Gasteiger partial charge is 0.281 e. The Morgan fingerprint density at radius 1 is 0.778 bits per heavy atom. The third-order valence-electron chi connectivity index (χ3n) is 5.16. The molecule has 4 heteroatoms. The molecular formula is C23H18N4. The molecular weight excluding hydrogens is 332 g/mol. The van der Waals surface area contributed by atoms with Crippen LogP contribution in [0.3, 0.4) is 0 Å². The molecule has 1 aromatic carbocycles. The molecule has 130 valence electrons. The Balaban J connectivity index is 1.66. The highest BCUT2D eigenvalue weighted by Gasteiger charge is 2.38. The number of rotatable bonds is 3.